The van der Waals surface area contributed by atoms with E-state index < -0.39 is 11.8 Å². The molecule has 0 aliphatic rings. The monoisotopic (exact) mass is 279 g/mol. The molecular weight excluding hydrogens is 270 g/mol. The van der Waals surface area contributed by atoms with Crippen molar-refractivity contribution >= 4 is 23.4 Å². The number of nitrogens with zero attached hydrogens (tertiary/aromatic N) is 1. The molecule has 2 rings (SSSR count). The van der Waals surface area contributed by atoms with Crippen LogP contribution >= 0.6 is 11.6 Å². The number of rotatable bonds is 4. The third-order valence-electron chi connectivity index (χ3n) is 2.31. The van der Waals surface area contributed by atoms with Crippen molar-refractivity contribution in [2.45, 2.75) is 6.92 Å². The summed E-state index contributed by atoms with van der Waals surface area (Å²) in [5.74, 6) is -1.06. The summed E-state index contributed by atoms with van der Waals surface area (Å²) < 4.78 is 9.93. The molecule has 19 heavy (non-hydrogen) atoms. The minimum atomic E-state index is -0.612. The summed E-state index contributed by atoms with van der Waals surface area (Å²) in [5, 5.41) is 0.0848. The molecule has 5 nitrogen and oxygen atoms in total. The van der Waals surface area contributed by atoms with Crippen molar-refractivity contribution in [3.05, 3.63) is 52.7 Å². The van der Waals surface area contributed by atoms with E-state index in [1.807, 2.05) is 0 Å². The molecular formula is C13H10ClNO4. The van der Waals surface area contributed by atoms with E-state index in [1.165, 1.54) is 24.4 Å². The SMILES string of the molecule is CCOC(=O)c1ccc(C(=O)c2cccnc2Cl)o1. The number of carbonyl (C=O) groups is 2. The van der Waals surface area contributed by atoms with Gasteiger partial charge in [-0.3, -0.25) is 4.79 Å². The van der Waals surface area contributed by atoms with Gasteiger partial charge in [0.1, 0.15) is 5.15 Å². The largest absolute Gasteiger partial charge is 0.460 e. The average Bonchev–Trinajstić information content (AvgIpc) is 2.88. The Morgan fingerprint density at radius 2 is 2.05 bits per heavy atom. The standard InChI is InChI=1S/C13H10ClNO4/c1-2-18-13(17)10-6-5-9(19-10)11(16)8-4-3-7-15-12(8)14/h3-7H,2H2,1H3. The lowest BCUT2D eigenvalue weighted by Gasteiger charge is -2.00. The molecule has 0 spiro atoms. The van der Waals surface area contributed by atoms with Crippen LogP contribution in [0.2, 0.25) is 5.15 Å². The van der Waals surface area contributed by atoms with E-state index in [0.29, 0.717) is 0 Å². The minimum absolute atomic E-state index is 0.0120. The van der Waals surface area contributed by atoms with Gasteiger partial charge in [0.05, 0.1) is 12.2 Å². The van der Waals surface area contributed by atoms with Crippen LogP contribution in [0.25, 0.3) is 0 Å². The van der Waals surface area contributed by atoms with Crippen molar-refractivity contribution in [2.75, 3.05) is 6.61 Å². The van der Waals surface area contributed by atoms with Gasteiger partial charge < -0.3 is 9.15 Å². The van der Waals surface area contributed by atoms with Gasteiger partial charge in [-0.2, -0.15) is 0 Å². The lowest BCUT2D eigenvalue weighted by Crippen LogP contribution is -2.04. The lowest BCUT2D eigenvalue weighted by molar-refractivity contribution is 0.0488. The Labute approximate surface area is 114 Å². The number of ether oxygens (including phenoxy) is 1. The molecule has 2 aromatic rings. The average molecular weight is 280 g/mol. The molecule has 0 saturated carbocycles. The quantitative estimate of drug-likeness (QED) is 0.489. The van der Waals surface area contributed by atoms with Crippen LogP contribution in [-0.2, 0) is 4.74 Å². The van der Waals surface area contributed by atoms with Crippen LogP contribution in [0.1, 0.15) is 33.6 Å². The van der Waals surface area contributed by atoms with E-state index in [0.717, 1.165) is 0 Å². The molecule has 0 amide bonds. The van der Waals surface area contributed by atoms with Crippen LogP contribution in [0.15, 0.2) is 34.9 Å². The van der Waals surface area contributed by atoms with Crippen molar-refractivity contribution in [2.24, 2.45) is 0 Å². The van der Waals surface area contributed by atoms with E-state index >= 15 is 0 Å². The van der Waals surface area contributed by atoms with Crippen molar-refractivity contribution < 1.29 is 18.7 Å². The van der Waals surface area contributed by atoms with E-state index in [2.05, 4.69) is 4.98 Å². The number of furan rings is 1. The second-order valence-electron chi connectivity index (χ2n) is 3.56. The molecule has 0 N–H and O–H groups in total. The number of hydrogen-bond acceptors (Lipinski definition) is 5. The summed E-state index contributed by atoms with van der Waals surface area (Å²) in [6, 6.07) is 5.91. The topological polar surface area (TPSA) is 69.4 Å². The Morgan fingerprint density at radius 3 is 2.74 bits per heavy atom. The first-order valence-corrected chi connectivity index (χ1v) is 5.93. The summed E-state index contributed by atoms with van der Waals surface area (Å²) in [6.45, 7) is 1.92. The zero-order valence-corrected chi connectivity index (χ0v) is 10.8. The van der Waals surface area contributed by atoms with Gasteiger partial charge in [-0.15, -0.1) is 0 Å². The van der Waals surface area contributed by atoms with Crippen LogP contribution in [0.5, 0.6) is 0 Å². The Kier molecular flexibility index (Phi) is 3.97. The molecule has 0 saturated heterocycles. The Bertz CT molecular complexity index is 621. The number of hydrogen-bond donors (Lipinski definition) is 0. The Balaban J connectivity index is 2.26. The minimum Gasteiger partial charge on any atom is -0.460 e. The highest BCUT2D eigenvalue weighted by Crippen LogP contribution is 2.18. The summed E-state index contributed by atoms with van der Waals surface area (Å²) in [5.41, 5.74) is 0.217. The van der Waals surface area contributed by atoms with Crippen molar-refractivity contribution in [1.82, 2.24) is 4.98 Å². The summed E-state index contributed by atoms with van der Waals surface area (Å²) in [6.07, 6.45) is 1.48. The predicted octanol–water partition coefficient (Wildman–Crippen LogP) is 2.74. The lowest BCUT2D eigenvalue weighted by atomic mass is 10.1. The number of halogens is 1. The zero-order valence-electron chi connectivity index (χ0n) is 10.1. The smallest absolute Gasteiger partial charge is 0.374 e. The van der Waals surface area contributed by atoms with Crippen molar-refractivity contribution in [1.29, 1.82) is 0 Å². The first kappa shape index (κ1) is 13.3. The van der Waals surface area contributed by atoms with Gasteiger partial charge in [0.2, 0.25) is 11.5 Å². The first-order chi connectivity index (χ1) is 9.13. The van der Waals surface area contributed by atoms with Gasteiger partial charge in [0.25, 0.3) is 0 Å². The third kappa shape index (κ3) is 2.82. The summed E-state index contributed by atoms with van der Waals surface area (Å²) in [4.78, 5) is 27.3. The van der Waals surface area contributed by atoms with Gasteiger partial charge in [-0.1, -0.05) is 11.6 Å². The summed E-state index contributed by atoms with van der Waals surface area (Å²) >= 11 is 5.82. The van der Waals surface area contributed by atoms with Crippen molar-refractivity contribution in [3.8, 4) is 0 Å². The molecule has 0 atom stereocenters. The highest BCUT2D eigenvalue weighted by Gasteiger charge is 2.19. The molecule has 0 aliphatic carbocycles. The van der Waals surface area contributed by atoms with E-state index in [-0.39, 0.29) is 28.8 Å². The molecule has 0 aromatic carbocycles. The second kappa shape index (κ2) is 5.67. The highest BCUT2D eigenvalue weighted by molar-refractivity contribution is 6.33. The Hall–Kier alpha value is -2.14. The fourth-order valence-electron chi connectivity index (χ4n) is 1.46. The van der Waals surface area contributed by atoms with Gasteiger partial charge >= 0.3 is 5.97 Å². The molecule has 0 bridgehead atoms. The Morgan fingerprint density at radius 1 is 1.32 bits per heavy atom. The molecule has 0 fully saturated rings. The number of pyridine rings is 1. The fourth-order valence-corrected chi connectivity index (χ4v) is 1.67. The third-order valence-corrected chi connectivity index (χ3v) is 2.61. The van der Waals surface area contributed by atoms with Gasteiger partial charge in [-0.05, 0) is 31.2 Å². The van der Waals surface area contributed by atoms with Crippen molar-refractivity contribution in [3.63, 3.8) is 0 Å². The maximum absolute atomic E-state index is 12.1. The number of ketones is 1. The first-order valence-electron chi connectivity index (χ1n) is 5.55. The van der Waals surface area contributed by atoms with Crippen LogP contribution in [0.3, 0.4) is 0 Å². The molecule has 2 heterocycles. The van der Waals surface area contributed by atoms with Gasteiger partial charge in [0.15, 0.2) is 5.76 Å². The molecule has 0 unspecified atom stereocenters. The molecule has 0 radical (unpaired) electrons. The van der Waals surface area contributed by atoms with Crippen LogP contribution in [0, 0.1) is 0 Å². The highest BCUT2D eigenvalue weighted by atomic mass is 35.5. The van der Waals surface area contributed by atoms with Gasteiger partial charge in [-0.25, -0.2) is 9.78 Å². The maximum atomic E-state index is 12.1. The second-order valence-corrected chi connectivity index (χ2v) is 3.91. The predicted molar refractivity (Wildman–Crippen MR) is 67.3 cm³/mol. The number of esters is 1. The number of carbonyl (C=O) groups excluding carboxylic acids is 2. The van der Waals surface area contributed by atoms with E-state index in [1.54, 1.807) is 13.0 Å². The van der Waals surface area contributed by atoms with Gasteiger partial charge in [0, 0.05) is 6.20 Å². The molecule has 6 heteroatoms. The van der Waals surface area contributed by atoms with Crippen LogP contribution in [0.4, 0.5) is 0 Å². The van der Waals surface area contributed by atoms with Crippen LogP contribution < -0.4 is 0 Å². The molecule has 98 valence electrons. The van der Waals surface area contributed by atoms with Crippen LogP contribution in [-0.4, -0.2) is 23.3 Å². The fraction of sp³-hybridized carbons (Fsp3) is 0.154. The van der Waals surface area contributed by atoms with E-state index in [4.69, 9.17) is 20.8 Å². The normalized spacial score (nSPS) is 10.2. The molecule has 2 aromatic heterocycles. The molecule has 0 aliphatic heterocycles. The summed E-state index contributed by atoms with van der Waals surface area (Å²) in [7, 11) is 0. The zero-order chi connectivity index (χ0) is 13.8. The number of aromatic nitrogens is 1. The maximum Gasteiger partial charge on any atom is 0.374 e. The van der Waals surface area contributed by atoms with E-state index in [9.17, 15) is 9.59 Å².